The molecule has 0 unspecified atom stereocenters. The van der Waals surface area contributed by atoms with Crippen LogP contribution in [0.2, 0.25) is 0 Å². The fourth-order valence-electron chi connectivity index (χ4n) is 1.27. The largest absolute Gasteiger partial charge is 0.478 e. The first-order valence-corrected chi connectivity index (χ1v) is 4.97. The molecule has 4 heteroatoms. The normalized spacial score (nSPS) is 9.81. The van der Waals surface area contributed by atoms with E-state index in [1.54, 1.807) is 0 Å². The molecule has 0 aliphatic heterocycles. The van der Waals surface area contributed by atoms with E-state index in [1.807, 2.05) is 6.92 Å². The molecule has 4 nitrogen and oxygen atoms in total. The highest BCUT2D eigenvalue weighted by Crippen LogP contribution is 2.07. The first-order chi connectivity index (χ1) is 7.56. The smallest absolute Gasteiger partial charge is 0.335 e. The van der Waals surface area contributed by atoms with Crippen LogP contribution in [0.5, 0.6) is 0 Å². The fourth-order valence-corrected chi connectivity index (χ4v) is 1.27. The minimum Gasteiger partial charge on any atom is -0.478 e. The van der Waals surface area contributed by atoms with Crippen molar-refractivity contribution in [2.24, 2.45) is 0 Å². The van der Waals surface area contributed by atoms with Gasteiger partial charge in [-0.05, 0) is 18.6 Å². The Morgan fingerprint density at radius 2 is 1.56 bits per heavy atom. The molecule has 0 aromatic heterocycles. The van der Waals surface area contributed by atoms with Gasteiger partial charge in [0.2, 0.25) is 11.6 Å². The fraction of sp³-hybridized carbons (Fsp3) is 0.250. The third kappa shape index (κ3) is 2.76. The van der Waals surface area contributed by atoms with Crippen molar-refractivity contribution in [3.05, 3.63) is 35.4 Å². The maximum atomic E-state index is 11.5. The van der Waals surface area contributed by atoms with Crippen molar-refractivity contribution < 1.29 is 19.5 Å². The monoisotopic (exact) mass is 220 g/mol. The van der Waals surface area contributed by atoms with Crippen LogP contribution in [0.15, 0.2) is 24.3 Å². The predicted molar refractivity (Wildman–Crippen MR) is 57.6 cm³/mol. The van der Waals surface area contributed by atoms with Gasteiger partial charge in [0, 0.05) is 12.0 Å². The number of carboxylic acid groups (broad SMARTS) is 1. The molecule has 0 atom stereocenters. The molecule has 0 fully saturated rings. The zero-order valence-corrected chi connectivity index (χ0v) is 8.90. The van der Waals surface area contributed by atoms with Gasteiger partial charge in [-0.25, -0.2) is 4.79 Å². The van der Waals surface area contributed by atoms with Gasteiger partial charge in [0.25, 0.3) is 0 Å². The average Bonchev–Trinajstić information content (AvgIpc) is 2.28. The molecule has 0 spiro atoms. The summed E-state index contributed by atoms with van der Waals surface area (Å²) in [5.74, 6) is -2.05. The number of hydrogen-bond donors (Lipinski definition) is 1. The van der Waals surface area contributed by atoms with Gasteiger partial charge in [0.1, 0.15) is 0 Å². The van der Waals surface area contributed by atoms with Crippen LogP contribution in [0.1, 0.15) is 40.5 Å². The quantitative estimate of drug-likeness (QED) is 0.608. The van der Waals surface area contributed by atoms with Gasteiger partial charge in [-0.15, -0.1) is 0 Å². The molecule has 1 aromatic carbocycles. The van der Waals surface area contributed by atoms with E-state index in [4.69, 9.17) is 5.11 Å². The van der Waals surface area contributed by atoms with E-state index in [0.29, 0.717) is 6.42 Å². The summed E-state index contributed by atoms with van der Waals surface area (Å²) in [6.45, 7) is 1.82. The number of carbonyl (C=O) groups is 3. The summed E-state index contributed by atoms with van der Waals surface area (Å²) in [6.07, 6.45) is 0.845. The minimum absolute atomic E-state index is 0.0968. The molecule has 0 aliphatic rings. The van der Waals surface area contributed by atoms with Gasteiger partial charge in [0.15, 0.2) is 0 Å². The topological polar surface area (TPSA) is 71.4 Å². The van der Waals surface area contributed by atoms with Gasteiger partial charge >= 0.3 is 5.97 Å². The second kappa shape index (κ2) is 5.21. The van der Waals surface area contributed by atoms with Crippen molar-refractivity contribution in [1.82, 2.24) is 0 Å². The lowest BCUT2D eigenvalue weighted by molar-refractivity contribution is -0.115. The first kappa shape index (κ1) is 12.1. The van der Waals surface area contributed by atoms with E-state index in [-0.39, 0.29) is 17.5 Å². The molecule has 0 heterocycles. The third-order valence-corrected chi connectivity index (χ3v) is 2.12. The second-order valence-electron chi connectivity index (χ2n) is 3.38. The van der Waals surface area contributed by atoms with E-state index < -0.39 is 17.5 Å². The molecule has 16 heavy (non-hydrogen) atoms. The van der Waals surface area contributed by atoms with Crippen LogP contribution < -0.4 is 0 Å². The van der Waals surface area contributed by atoms with E-state index >= 15 is 0 Å². The highest BCUT2D eigenvalue weighted by molar-refractivity contribution is 6.43. The molecule has 0 bridgehead atoms. The van der Waals surface area contributed by atoms with Gasteiger partial charge in [0.05, 0.1) is 5.56 Å². The number of carbonyl (C=O) groups excluding carboxylic acids is 2. The Balaban J connectivity index is 2.85. The first-order valence-electron chi connectivity index (χ1n) is 4.97. The number of ketones is 2. The Kier molecular flexibility index (Phi) is 3.94. The van der Waals surface area contributed by atoms with Gasteiger partial charge in [-0.1, -0.05) is 19.1 Å². The molecule has 0 radical (unpaired) electrons. The van der Waals surface area contributed by atoms with Crippen molar-refractivity contribution in [3.8, 4) is 0 Å². The maximum Gasteiger partial charge on any atom is 0.335 e. The summed E-state index contributed by atoms with van der Waals surface area (Å²) in [7, 11) is 0. The number of benzene rings is 1. The molecule has 0 aliphatic carbocycles. The van der Waals surface area contributed by atoms with Gasteiger partial charge < -0.3 is 5.11 Å². The lowest BCUT2D eigenvalue weighted by Gasteiger charge is -1.99. The summed E-state index contributed by atoms with van der Waals surface area (Å²) in [5, 5.41) is 8.66. The van der Waals surface area contributed by atoms with E-state index in [2.05, 4.69) is 0 Å². The van der Waals surface area contributed by atoms with E-state index in [1.165, 1.54) is 24.3 Å². The highest BCUT2D eigenvalue weighted by atomic mass is 16.4. The highest BCUT2D eigenvalue weighted by Gasteiger charge is 2.15. The molecule has 1 N–H and O–H groups in total. The molecule has 0 saturated heterocycles. The van der Waals surface area contributed by atoms with Crippen LogP contribution >= 0.6 is 0 Å². The second-order valence-corrected chi connectivity index (χ2v) is 3.38. The Morgan fingerprint density at radius 3 is 2.00 bits per heavy atom. The summed E-state index contributed by atoms with van der Waals surface area (Å²) in [4.78, 5) is 33.4. The van der Waals surface area contributed by atoms with Crippen LogP contribution in [0.25, 0.3) is 0 Å². The Hall–Kier alpha value is -1.97. The summed E-state index contributed by atoms with van der Waals surface area (Å²) in [6, 6.07) is 5.35. The van der Waals surface area contributed by atoms with Gasteiger partial charge in [-0.2, -0.15) is 0 Å². The summed E-state index contributed by atoms with van der Waals surface area (Å²) in [5.41, 5.74) is 0.336. The van der Waals surface area contributed by atoms with Crippen molar-refractivity contribution in [2.75, 3.05) is 0 Å². The molecular formula is C12H12O4. The van der Waals surface area contributed by atoms with Crippen molar-refractivity contribution >= 4 is 17.5 Å². The zero-order chi connectivity index (χ0) is 12.1. The number of hydrogen-bond acceptors (Lipinski definition) is 3. The lowest BCUT2D eigenvalue weighted by atomic mass is 10.0. The van der Waals surface area contributed by atoms with Crippen molar-refractivity contribution in [1.29, 1.82) is 0 Å². The van der Waals surface area contributed by atoms with Crippen LogP contribution in [-0.4, -0.2) is 22.6 Å². The summed E-state index contributed by atoms with van der Waals surface area (Å²) >= 11 is 0. The number of Topliss-reactive ketones (excluding diaryl/α,β-unsaturated/α-hetero) is 2. The Morgan fingerprint density at radius 1 is 1.06 bits per heavy atom. The van der Waals surface area contributed by atoms with Crippen molar-refractivity contribution in [2.45, 2.75) is 19.8 Å². The summed E-state index contributed by atoms with van der Waals surface area (Å²) < 4.78 is 0. The van der Waals surface area contributed by atoms with E-state index in [0.717, 1.165) is 0 Å². The zero-order valence-electron chi connectivity index (χ0n) is 8.90. The standard InChI is InChI=1S/C12H12O4/c1-2-3-10(13)11(14)8-4-6-9(7-5-8)12(15)16/h4-7H,2-3H2,1H3,(H,15,16). The third-order valence-electron chi connectivity index (χ3n) is 2.12. The maximum absolute atomic E-state index is 11.5. The van der Waals surface area contributed by atoms with E-state index in [9.17, 15) is 14.4 Å². The Labute approximate surface area is 92.9 Å². The molecule has 84 valence electrons. The van der Waals surface area contributed by atoms with Crippen LogP contribution in [-0.2, 0) is 4.79 Å². The minimum atomic E-state index is -1.06. The van der Waals surface area contributed by atoms with Crippen LogP contribution in [0.4, 0.5) is 0 Å². The Bertz CT molecular complexity index is 417. The van der Waals surface area contributed by atoms with Crippen LogP contribution in [0.3, 0.4) is 0 Å². The van der Waals surface area contributed by atoms with Gasteiger partial charge in [-0.3, -0.25) is 9.59 Å². The molecular weight excluding hydrogens is 208 g/mol. The number of rotatable bonds is 5. The lowest BCUT2D eigenvalue weighted by Crippen LogP contribution is -2.13. The molecule has 1 rings (SSSR count). The molecule has 0 amide bonds. The average molecular weight is 220 g/mol. The molecule has 1 aromatic rings. The number of aromatic carboxylic acids is 1. The number of carboxylic acids is 1. The predicted octanol–water partition coefficient (Wildman–Crippen LogP) is 1.94. The SMILES string of the molecule is CCCC(=O)C(=O)c1ccc(C(=O)O)cc1. The van der Waals surface area contributed by atoms with Crippen LogP contribution in [0, 0.1) is 0 Å². The molecule has 0 saturated carbocycles. The van der Waals surface area contributed by atoms with Crippen molar-refractivity contribution in [3.63, 3.8) is 0 Å².